The number of hydrogen-bond donors (Lipinski definition) is 1. The average molecular weight is 378 g/mol. The lowest BCUT2D eigenvalue weighted by molar-refractivity contribution is -0.577. The monoisotopic (exact) mass is 378 g/mol. The molecule has 0 aliphatic heterocycles. The van der Waals surface area contributed by atoms with Crippen molar-refractivity contribution in [3.8, 4) is 0 Å². The minimum absolute atomic E-state index is 0.283. The summed E-state index contributed by atoms with van der Waals surface area (Å²) in [5.41, 5.74) is 3.63. The second-order valence-electron chi connectivity index (χ2n) is 6.24. The van der Waals surface area contributed by atoms with Gasteiger partial charge in [0.15, 0.2) is 17.4 Å². The zero-order valence-electron chi connectivity index (χ0n) is 15.1. The van der Waals surface area contributed by atoms with Crippen molar-refractivity contribution < 1.29 is 14.1 Å². The Balaban J connectivity index is 2.07. The summed E-state index contributed by atoms with van der Waals surface area (Å²) in [7, 11) is 0. The maximum absolute atomic E-state index is 13.2. The number of thiocarbonyl (C=S) groups is 1. The molecule has 5 heteroatoms. The van der Waals surface area contributed by atoms with Crippen LogP contribution in [-0.2, 0) is 0 Å². The Kier molecular flexibility index (Phi) is 5.62. The minimum Gasteiger partial charge on any atom is -0.867 e. The number of nitrogens with one attached hydrogen (secondary N) is 1. The van der Waals surface area contributed by atoms with Gasteiger partial charge in [0.25, 0.3) is 0 Å². The largest absolute Gasteiger partial charge is 0.867 e. The number of pyridine rings is 1. The summed E-state index contributed by atoms with van der Waals surface area (Å²) in [5, 5.41) is 16.3. The smallest absolute Gasteiger partial charge is 0.238 e. The fourth-order valence-electron chi connectivity index (χ4n) is 2.68. The molecule has 0 saturated heterocycles. The molecule has 0 amide bonds. The maximum Gasteiger partial charge on any atom is 0.238 e. The maximum atomic E-state index is 13.2. The zero-order valence-corrected chi connectivity index (χ0v) is 15.9. The Morgan fingerprint density at radius 2 is 1.67 bits per heavy atom. The van der Waals surface area contributed by atoms with Crippen LogP contribution in [-0.4, -0.2) is 4.99 Å². The first-order valence-corrected chi connectivity index (χ1v) is 8.89. The van der Waals surface area contributed by atoms with E-state index in [-0.39, 0.29) is 5.76 Å². The molecule has 0 bridgehead atoms. The van der Waals surface area contributed by atoms with Crippen molar-refractivity contribution in [1.82, 2.24) is 0 Å². The van der Waals surface area contributed by atoms with E-state index in [4.69, 9.17) is 12.2 Å². The second-order valence-corrected chi connectivity index (χ2v) is 6.65. The number of aryl methyl sites for hydroxylation is 2. The molecule has 27 heavy (non-hydrogen) atoms. The molecule has 0 fully saturated rings. The quantitative estimate of drug-likeness (QED) is 0.324. The average Bonchev–Trinajstić information content (AvgIpc) is 2.66. The zero-order chi connectivity index (χ0) is 19.4. The van der Waals surface area contributed by atoms with E-state index in [1.807, 2.05) is 50.2 Å². The van der Waals surface area contributed by atoms with Gasteiger partial charge in [0, 0.05) is 17.8 Å². The third-order valence-corrected chi connectivity index (χ3v) is 4.45. The van der Waals surface area contributed by atoms with Crippen molar-refractivity contribution in [1.29, 1.82) is 0 Å². The molecule has 0 spiro atoms. The molecule has 1 aromatic heterocycles. The normalized spacial score (nSPS) is 11.7. The first-order valence-electron chi connectivity index (χ1n) is 8.48. The van der Waals surface area contributed by atoms with Crippen molar-refractivity contribution in [3.63, 3.8) is 0 Å². The van der Waals surface area contributed by atoms with Crippen LogP contribution in [0, 0.1) is 19.7 Å². The topological polar surface area (TPSA) is 39.0 Å². The van der Waals surface area contributed by atoms with Crippen LogP contribution >= 0.6 is 12.2 Å². The Hall–Kier alpha value is -3.05. The molecule has 136 valence electrons. The Labute approximate surface area is 163 Å². The van der Waals surface area contributed by atoms with Crippen LogP contribution in [0.3, 0.4) is 0 Å². The number of nitrogens with zero attached hydrogens (tertiary/aromatic N) is 1. The van der Waals surface area contributed by atoms with Gasteiger partial charge in [-0.15, -0.1) is 0 Å². The Morgan fingerprint density at radius 1 is 1.00 bits per heavy atom. The van der Waals surface area contributed by atoms with Crippen LogP contribution in [0.1, 0.15) is 16.7 Å². The van der Waals surface area contributed by atoms with Crippen LogP contribution in [0.15, 0.2) is 73.1 Å². The predicted octanol–water partition coefficient (Wildman–Crippen LogP) is 3.86. The molecule has 3 nitrogen and oxygen atoms in total. The third-order valence-electron chi connectivity index (χ3n) is 4.15. The number of rotatable bonds is 4. The molecule has 1 N–H and O–H groups in total. The molecule has 0 saturated carbocycles. The van der Waals surface area contributed by atoms with Gasteiger partial charge in [0.05, 0.1) is 0 Å². The highest BCUT2D eigenvalue weighted by atomic mass is 32.1. The van der Waals surface area contributed by atoms with Crippen LogP contribution in [0.4, 0.5) is 10.1 Å². The van der Waals surface area contributed by atoms with Crippen molar-refractivity contribution in [2.45, 2.75) is 13.8 Å². The summed E-state index contributed by atoms with van der Waals surface area (Å²) in [6.07, 6.45) is 3.52. The first-order chi connectivity index (χ1) is 13.0. The van der Waals surface area contributed by atoms with Gasteiger partial charge in [0.1, 0.15) is 5.82 Å². The molecule has 0 aliphatic carbocycles. The van der Waals surface area contributed by atoms with Crippen molar-refractivity contribution in [2.75, 3.05) is 5.32 Å². The van der Waals surface area contributed by atoms with Gasteiger partial charge in [-0.2, -0.15) is 4.57 Å². The highest BCUT2D eigenvalue weighted by molar-refractivity contribution is 7.81. The Morgan fingerprint density at radius 3 is 2.33 bits per heavy atom. The fourth-order valence-corrected chi connectivity index (χ4v) is 2.98. The molecule has 2 aromatic carbocycles. The standard InChI is InChI=1S/C22H19FN2OS/c1-15-6-7-16(2)19(14-15)24-22(27)20(25-12-4-3-5-13-25)21(26)17-8-10-18(23)11-9-17/h3-14H,1-2H3,(H-,24,26,27). The van der Waals surface area contributed by atoms with Gasteiger partial charge in [0.2, 0.25) is 5.70 Å². The van der Waals surface area contributed by atoms with Crippen molar-refractivity contribution in [2.24, 2.45) is 0 Å². The van der Waals surface area contributed by atoms with E-state index in [1.165, 1.54) is 24.3 Å². The van der Waals surface area contributed by atoms with Gasteiger partial charge in [-0.25, -0.2) is 4.39 Å². The van der Waals surface area contributed by atoms with Crippen LogP contribution in [0.25, 0.3) is 11.5 Å². The van der Waals surface area contributed by atoms with Gasteiger partial charge in [-0.1, -0.05) is 42.5 Å². The van der Waals surface area contributed by atoms with E-state index in [0.29, 0.717) is 16.2 Å². The lowest BCUT2D eigenvalue weighted by Crippen LogP contribution is -2.39. The summed E-state index contributed by atoms with van der Waals surface area (Å²) in [6.45, 7) is 3.97. The summed E-state index contributed by atoms with van der Waals surface area (Å²) in [4.78, 5) is 0.300. The summed E-state index contributed by atoms with van der Waals surface area (Å²) < 4.78 is 14.9. The fraction of sp³-hybridized carbons (Fsp3) is 0.0909. The molecule has 0 aliphatic rings. The van der Waals surface area contributed by atoms with Gasteiger partial charge in [-0.05, 0) is 54.5 Å². The number of halogens is 1. The van der Waals surface area contributed by atoms with E-state index in [0.717, 1.165) is 16.8 Å². The summed E-state index contributed by atoms with van der Waals surface area (Å²) >= 11 is 5.58. The number of aromatic nitrogens is 1. The van der Waals surface area contributed by atoms with Gasteiger partial charge < -0.3 is 10.4 Å². The highest BCUT2D eigenvalue weighted by Gasteiger charge is 2.19. The lowest BCUT2D eigenvalue weighted by Gasteiger charge is -2.17. The Bertz CT molecular complexity index is 999. The molecule has 0 atom stereocenters. The first kappa shape index (κ1) is 18.7. The molecular weight excluding hydrogens is 359 g/mol. The lowest BCUT2D eigenvalue weighted by atomic mass is 10.1. The molecule has 3 rings (SSSR count). The highest BCUT2D eigenvalue weighted by Crippen LogP contribution is 2.20. The van der Waals surface area contributed by atoms with Gasteiger partial charge >= 0.3 is 0 Å². The minimum atomic E-state index is -0.392. The number of benzene rings is 2. The number of hydrogen-bond acceptors (Lipinski definition) is 2. The van der Waals surface area contributed by atoms with E-state index >= 15 is 0 Å². The molecule has 3 aromatic rings. The van der Waals surface area contributed by atoms with Gasteiger partial charge in [-0.3, -0.25) is 0 Å². The van der Waals surface area contributed by atoms with Crippen molar-refractivity contribution in [3.05, 3.63) is 95.6 Å². The predicted molar refractivity (Wildman–Crippen MR) is 108 cm³/mol. The van der Waals surface area contributed by atoms with E-state index < -0.39 is 5.82 Å². The van der Waals surface area contributed by atoms with E-state index in [2.05, 4.69) is 5.32 Å². The van der Waals surface area contributed by atoms with E-state index in [9.17, 15) is 9.50 Å². The molecule has 1 heterocycles. The third kappa shape index (κ3) is 4.38. The summed E-state index contributed by atoms with van der Waals surface area (Å²) in [5.74, 6) is -0.675. The second kappa shape index (κ2) is 8.10. The molecular formula is C22H19FN2OS. The summed E-state index contributed by atoms with van der Waals surface area (Å²) in [6, 6.07) is 16.9. The molecule has 0 radical (unpaired) electrons. The van der Waals surface area contributed by atoms with Crippen molar-refractivity contribution >= 4 is 34.3 Å². The van der Waals surface area contributed by atoms with Crippen LogP contribution < -0.4 is 15.0 Å². The molecule has 0 unspecified atom stereocenters. The number of anilines is 1. The SMILES string of the molecule is Cc1ccc(C)c(NC(=S)C(=C([O-])c2ccc(F)cc2)[n+]2ccccc2)c1. The van der Waals surface area contributed by atoms with Crippen LogP contribution in [0.2, 0.25) is 0 Å². The van der Waals surface area contributed by atoms with E-state index in [1.54, 1.807) is 17.0 Å². The van der Waals surface area contributed by atoms with Crippen LogP contribution in [0.5, 0.6) is 0 Å².